The van der Waals surface area contributed by atoms with Crippen molar-refractivity contribution in [1.29, 1.82) is 0 Å². The van der Waals surface area contributed by atoms with Gasteiger partial charge in [-0.2, -0.15) is 0 Å². The summed E-state index contributed by atoms with van der Waals surface area (Å²) in [5.74, 6) is 1.52. The van der Waals surface area contributed by atoms with Crippen LogP contribution in [0.1, 0.15) is 20.8 Å². The van der Waals surface area contributed by atoms with Crippen molar-refractivity contribution >= 4 is 23.5 Å². The second-order valence-electron chi connectivity index (χ2n) is 3.04. The molecule has 12 heavy (non-hydrogen) atoms. The van der Waals surface area contributed by atoms with E-state index in [1.165, 1.54) is 5.82 Å². The molecule has 1 unspecified atom stereocenters. The fraction of sp³-hybridized carbons (Fsp3) is 0.714. The van der Waals surface area contributed by atoms with E-state index in [1.54, 1.807) is 6.92 Å². The van der Waals surface area contributed by atoms with Gasteiger partial charge in [0.1, 0.15) is 5.60 Å². The second-order valence-corrected chi connectivity index (χ2v) is 5.67. The van der Waals surface area contributed by atoms with E-state index >= 15 is 0 Å². The molecule has 0 saturated carbocycles. The van der Waals surface area contributed by atoms with Crippen molar-refractivity contribution in [2.24, 2.45) is 0 Å². The van der Waals surface area contributed by atoms with Crippen LogP contribution in [-0.2, 0) is 13.6 Å². The highest BCUT2D eigenvalue weighted by atomic mass is 79.9. The maximum Gasteiger partial charge on any atom is 0.355 e. The smallest absolute Gasteiger partial charge is 0.306 e. The molecule has 0 N–H and O–H groups in total. The number of rotatable bonds is 2. The van der Waals surface area contributed by atoms with Crippen LogP contribution in [0.15, 0.2) is 10.3 Å². The van der Waals surface area contributed by atoms with Crippen molar-refractivity contribution in [3.63, 3.8) is 0 Å². The maximum atomic E-state index is 11.7. The molecular weight excluding hydrogens is 243 g/mol. The highest BCUT2D eigenvalue weighted by molar-refractivity contribution is 9.11. The fourth-order valence-corrected chi connectivity index (χ4v) is 3.75. The van der Waals surface area contributed by atoms with Crippen molar-refractivity contribution < 1.29 is 13.6 Å². The Kier molecular flexibility index (Phi) is 2.84. The molecule has 0 aliphatic carbocycles. The molecular formula is C7H12BrO3P. The van der Waals surface area contributed by atoms with Gasteiger partial charge in [0.2, 0.25) is 0 Å². The minimum atomic E-state index is -2.96. The molecule has 0 bridgehead atoms. The van der Waals surface area contributed by atoms with Crippen molar-refractivity contribution in [2.75, 3.05) is 6.61 Å². The van der Waals surface area contributed by atoms with E-state index in [0.717, 1.165) is 4.48 Å². The lowest BCUT2D eigenvalue weighted by Gasteiger charge is -2.20. The van der Waals surface area contributed by atoms with E-state index in [1.807, 2.05) is 13.8 Å². The van der Waals surface area contributed by atoms with E-state index in [9.17, 15) is 4.57 Å². The van der Waals surface area contributed by atoms with Crippen molar-refractivity contribution in [3.8, 4) is 0 Å². The molecule has 0 saturated heterocycles. The predicted molar refractivity (Wildman–Crippen MR) is 51.4 cm³/mol. The van der Waals surface area contributed by atoms with E-state index < -0.39 is 13.2 Å². The van der Waals surface area contributed by atoms with Gasteiger partial charge in [0, 0.05) is 10.3 Å². The molecule has 5 heteroatoms. The molecule has 1 rings (SSSR count). The minimum Gasteiger partial charge on any atom is -0.306 e. The molecule has 0 aromatic rings. The topological polar surface area (TPSA) is 35.5 Å². The Hall–Kier alpha value is 0.370. The van der Waals surface area contributed by atoms with E-state index in [2.05, 4.69) is 15.9 Å². The van der Waals surface area contributed by atoms with Crippen LogP contribution in [0.5, 0.6) is 0 Å². The first kappa shape index (κ1) is 10.5. The summed E-state index contributed by atoms with van der Waals surface area (Å²) in [4.78, 5) is 0. The maximum absolute atomic E-state index is 11.7. The molecule has 0 aromatic heterocycles. The predicted octanol–water partition coefficient (Wildman–Crippen LogP) is 3.26. The highest BCUT2D eigenvalue weighted by Crippen LogP contribution is 2.61. The van der Waals surface area contributed by atoms with Crippen LogP contribution < -0.4 is 0 Å². The van der Waals surface area contributed by atoms with Gasteiger partial charge in [0.25, 0.3) is 0 Å². The van der Waals surface area contributed by atoms with Crippen LogP contribution in [0, 0.1) is 0 Å². The van der Waals surface area contributed by atoms with Crippen molar-refractivity contribution in [3.05, 3.63) is 10.3 Å². The van der Waals surface area contributed by atoms with E-state index in [0.29, 0.717) is 6.61 Å². The molecule has 3 nitrogen and oxygen atoms in total. The Labute approximate surface area is 80.8 Å². The molecule has 70 valence electrons. The normalized spacial score (nSPS) is 33.5. The first-order valence-electron chi connectivity index (χ1n) is 3.73. The van der Waals surface area contributed by atoms with Crippen LogP contribution in [0.4, 0.5) is 0 Å². The molecule has 0 amide bonds. The van der Waals surface area contributed by atoms with Crippen LogP contribution in [0.3, 0.4) is 0 Å². The lowest BCUT2D eigenvalue weighted by molar-refractivity contribution is 0.134. The highest BCUT2D eigenvalue weighted by Gasteiger charge is 2.41. The molecule has 1 atom stereocenters. The van der Waals surface area contributed by atoms with Gasteiger partial charge in [0.05, 0.1) is 6.61 Å². The number of halogens is 1. The monoisotopic (exact) mass is 254 g/mol. The Morgan fingerprint density at radius 3 is 2.67 bits per heavy atom. The largest absolute Gasteiger partial charge is 0.355 e. The van der Waals surface area contributed by atoms with E-state index in [-0.39, 0.29) is 0 Å². The summed E-state index contributed by atoms with van der Waals surface area (Å²) < 4.78 is 22.8. The number of hydrogen-bond donors (Lipinski definition) is 0. The third kappa shape index (κ3) is 1.99. The fourth-order valence-electron chi connectivity index (χ4n) is 0.926. The van der Waals surface area contributed by atoms with Gasteiger partial charge in [-0.3, -0.25) is 9.09 Å². The second kappa shape index (κ2) is 3.26. The molecule has 1 aliphatic heterocycles. The standard InChI is InChI=1S/C7H12BrO3P/c1-4-10-12(9)5-6(8)7(2,3)11-12/h5H,4H2,1-3H3. The third-order valence-electron chi connectivity index (χ3n) is 1.51. The summed E-state index contributed by atoms with van der Waals surface area (Å²) in [6.45, 7) is 5.86. The van der Waals surface area contributed by atoms with Gasteiger partial charge in [-0.1, -0.05) is 15.9 Å². The van der Waals surface area contributed by atoms with Crippen molar-refractivity contribution in [1.82, 2.24) is 0 Å². The zero-order valence-corrected chi connectivity index (χ0v) is 9.81. The zero-order chi connectivity index (χ0) is 9.41. The first-order chi connectivity index (χ1) is 5.40. The lowest BCUT2D eigenvalue weighted by atomic mass is 10.1. The summed E-state index contributed by atoms with van der Waals surface area (Å²) in [7, 11) is -2.96. The Bertz CT molecular complexity index is 259. The minimum absolute atomic E-state index is 0.393. The molecule has 1 aliphatic rings. The van der Waals surface area contributed by atoms with Gasteiger partial charge in [-0.15, -0.1) is 0 Å². The summed E-state index contributed by atoms with van der Waals surface area (Å²) in [5, 5.41) is 0. The summed E-state index contributed by atoms with van der Waals surface area (Å²) >= 11 is 3.29. The number of hydrogen-bond acceptors (Lipinski definition) is 3. The van der Waals surface area contributed by atoms with Gasteiger partial charge in [0.15, 0.2) is 0 Å². The van der Waals surface area contributed by atoms with Crippen molar-refractivity contribution in [2.45, 2.75) is 26.4 Å². The van der Waals surface area contributed by atoms with Gasteiger partial charge < -0.3 is 4.52 Å². The van der Waals surface area contributed by atoms with Gasteiger partial charge in [-0.05, 0) is 20.8 Å². The average molecular weight is 255 g/mol. The third-order valence-corrected chi connectivity index (χ3v) is 4.95. The summed E-state index contributed by atoms with van der Waals surface area (Å²) in [6, 6.07) is 0. The Morgan fingerprint density at radius 1 is 1.75 bits per heavy atom. The quantitative estimate of drug-likeness (QED) is 0.710. The summed E-state index contributed by atoms with van der Waals surface area (Å²) in [5.41, 5.74) is -0.523. The lowest BCUT2D eigenvalue weighted by Crippen LogP contribution is -2.18. The Morgan fingerprint density at radius 2 is 2.33 bits per heavy atom. The van der Waals surface area contributed by atoms with Crippen LogP contribution in [-0.4, -0.2) is 12.2 Å². The molecule has 0 fully saturated rings. The van der Waals surface area contributed by atoms with Gasteiger partial charge >= 0.3 is 7.60 Å². The van der Waals surface area contributed by atoms with E-state index in [4.69, 9.17) is 9.05 Å². The first-order valence-corrected chi connectivity index (χ1v) is 6.14. The molecule has 1 heterocycles. The van der Waals surface area contributed by atoms with Crippen LogP contribution in [0.2, 0.25) is 0 Å². The molecule has 0 spiro atoms. The summed E-state index contributed by atoms with van der Waals surface area (Å²) in [6.07, 6.45) is 0. The zero-order valence-electron chi connectivity index (χ0n) is 7.33. The Balaban J connectivity index is 2.85. The van der Waals surface area contributed by atoms with Gasteiger partial charge in [-0.25, -0.2) is 0 Å². The molecule has 0 radical (unpaired) electrons. The van der Waals surface area contributed by atoms with Crippen LogP contribution >= 0.6 is 23.5 Å². The molecule has 0 aromatic carbocycles. The average Bonchev–Trinajstić information content (AvgIpc) is 2.02. The van der Waals surface area contributed by atoms with Crippen LogP contribution in [0.25, 0.3) is 0 Å². The SMILES string of the molecule is CCOP1(=O)C=C(Br)C(C)(C)O1.